The van der Waals surface area contributed by atoms with Crippen LogP contribution < -0.4 is 10.5 Å². The molecule has 0 heterocycles. The molecule has 0 aliphatic rings. The molecule has 0 fully saturated rings. The second kappa shape index (κ2) is 5.01. The second-order valence-corrected chi connectivity index (χ2v) is 4.63. The van der Waals surface area contributed by atoms with Crippen LogP contribution in [0.25, 0.3) is 0 Å². The zero-order valence-electron chi connectivity index (χ0n) is 10.4. The second-order valence-electron chi connectivity index (χ2n) is 4.63. The van der Waals surface area contributed by atoms with E-state index in [2.05, 4.69) is 4.99 Å². The summed E-state index contributed by atoms with van der Waals surface area (Å²) in [5.74, 6) is 1.38. The van der Waals surface area contributed by atoms with Crippen LogP contribution in [0, 0.1) is 0 Å². The highest BCUT2D eigenvalue weighted by molar-refractivity contribution is 5.98. The fourth-order valence-corrected chi connectivity index (χ4v) is 1.34. The Morgan fingerprint density at radius 3 is 2.62 bits per heavy atom. The first-order valence-corrected chi connectivity index (χ1v) is 5.51. The summed E-state index contributed by atoms with van der Waals surface area (Å²) in [6.07, 6.45) is 0. The maximum absolute atomic E-state index is 5.94. The standard InChI is InChI=1S/C13H20N2O/c1-5-16-11-8-6-7-10(9-11)12(14)15-13(2,3)4/h6-9H,5H2,1-4H3,(H2,14,15). The van der Waals surface area contributed by atoms with E-state index in [4.69, 9.17) is 10.5 Å². The Balaban J connectivity index is 2.96. The fraction of sp³-hybridized carbons (Fsp3) is 0.462. The Kier molecular flexibility index (Phi) is 3.93. The highest BCUT2D eigenvalue weighted by Gasteiger charge is 2.09. The van der Waals surface area contributed by atoms with Crippen molar-refractivity contribution in [3.8, 4) is 5.75 Å². The molecule has 0 amide bonds. The van der Waals surface area contributed by atoms with Gasteiger partial charge in [0.05, 0.1) is 12.1 Å². The van der Waals surface area contributed by atoms with E-state index in [9.17, 15) is 0 Å². The van der Waals surface area contributed by atoms with E-state index in [0.717, 1.165) is 11.3 Å². The van der Waals surface area contributed by atoms with Crippen LogP contribution in [0.4, 0.5) is 0 Å². The summed E-state index contributed by atoms with van der Waals surface area (Å²) in [5.41, 5.74) is 6.68. The highest BCUT2D eigenvalue weighted by atomic mass is 16.5. The van der Waals surface area contributed by atoms with Gasteiger partial charge in [-0.25, -0.2) is 0 Å². The summed E-state index contributed by atoms with van der Waals surface area (Å²) >= 11 is 0. The number of aliphatic imine (C=N–C) groups is 1. The summed E-state index contributed by atoms with van der Waals surface area (Å²) in [5, 5.41) is 0. The van der Waals surface area contributed by atoms with Gasteiger partial charge in [-0.3, -0.25) is 4.99 Å². The van der Waals surface area contributed by atoms with E-state index in [1.165, 1.54) is 0 Å². The summed E-state index contributed by atoms with van der Waals surface area (Å²) in [7, 11) is 0. The molecule has 0 aromatic heterocycles. The Morgan fingerprint density at radius 2 is 2.06 bits per heavy atom. The van der Waals surface area contributed by atoms with E-state index in [0.29, 0.717) is 12.4 Å². The summed E-state index contributed by atoms with van der Waals surface area (Å²) in [6, 6.07) is 7.68. The number of nitrogens with zero attached hydrogens (tertiary/aromatic N) is 1. The van der Waals surface area contributed by atoms with Crippen molar-refractivity contribution in [3.05, 3.63) is 29.8 Å². The summed E-state index contributed by atoms with van der Waals surface area (Å²) < 4.78 is 5.42. The Bertz CT molecular complexity index is 378. The molecule has 0 spiro atoms. The van der Waals surface area contributed by atoms with Gasteiger partial charge in [-0.1, -0.05) is 12.1 Å². The van der Waals surface area contributed by atoms with Crippen molar-refractivity contribution in [2.45, 2.75) is 33.2 Å². The number of benzene rings is 1. The van der Waals surface area contributed by atoms with Gasteiger partial charge in [0.15, 0.2) is 0 Å². The highest BCUT2D eigenvalue weighted by Crippen LogP contribution is 2.15. The molecule has 0 unspecified atom stereocenters. The van der Waals surface area contributed by atoms with Gasteiger partial charge in [0.25, 0.3) is 0 Å². The lowest BCUT2D eigenvalue weighted by molar-refractivity contribution is 0.340. The molecule has 0 radical (unpaired) electrons. The monoisotopic (exact) mass is 220 g/mol. The first-order valence-electron chi connectivity index (χ1n) is 5.51. The predicted molar refractivity (Wildman–Crippen MR) is 68.1 cm³/mol. The van der Waals surface area contributed by atoms with Gasteiger partial charge in [0.1, 0.15) is 11.6 Å². The van der Waals surface area contributed by atoms with Crippen LogP contribution in [-0.2, 0) is 0 Å². The quantitative estimate of drug-likeness (QED) is 0.628. The van der Waals surface area contributed by atoms with Gasteiger partial charge in [0, 0.05) is 5.56 Å². The van der Waals surface area contributed by atoms with E-state index in [1.54, 1.807) is 0 Å². The van der Waals surface area contributed by atoms with E-state index in [1.807, 2.05) is 52.0 Å². The largest absolute Gasteiger partial charge is 0.494 e. The van der Waals surface area contributed by atoms with Crippen LogP contribution in [-0.4, -0.2) is 18.0 Å². The van der Waals surface area contributed by atoms with Crippen molar-refractivity contribution in [2.24, 2.45) is 10.7 Å². The predicted octanol–water partition coefficient (Wildman–Crippen LogP) is 2.59. The lowest BCUT2D eigenvalue weighted by atomic mass is 10.1. The number of rotatable bonds is 3. The first kappa shape index (κ1) is 12.6. The molecule has 88 valence electrons. The molecule has 16 heavy (non-hydrogen) atoms. The normalized spacial score (nSPS) is 12.6. The molecule has 0 saturated heterocycles. The molecule has 0 atom stereocenters. The molecular formula is C13H20N2O. The number of amidine groups is 1. The van der Waals surface area contributed by atoms with E-state index >= 15 is 0 Å². The van der Waals surface area contributed by atoms with Crippen molar-refractivity contribution < 1.29 is 4.74 Å². The Hall–Kier alpha value is -1.51. The maximum atomic E-state index is 5.94. The molecule has 1 aromatic carbocycles. The lowest BCUT2D eigenvalue weighted by Gasteiger charge is -2.14. The fourth-order valence-electron chi connectivity index (χ4n) is 1.34. The average molecular weight is 220 g/mol. The molecular weight excluding hydrogens is 200 g/mol. The molecule has 1 rings (SSSR count). The number of nitrogens with two attached hydrogens (primary N) is 1. The minimum atomic E-state index is -0.161. The summed E-state index contributed by atoms with van der Waals surface area (Å²) in [6.45, 7) is 8.67. The van der Waals surface area contributed by atoms with E-state index < -0.39 is 0 Å². The first-order chi connectivity index (χ1) is 7.42. The molecule has 0 bridgehead atoms. The molecule has 0 saturated carbocycles. The number of hydrogen-bond donors (Lipinski definition) is 1. The van der Waals surface area contributed by atoms with Gasteiger partial charge in [-0.05, 0) is 39.8 Å². The van der Waals surface area contributed by atoms with Crippen LogP contribution >= 0.6 is 0 Å². The molecule has 3 nitrogen and oxygen atoms in total. The van der Waals surface area contributed by atoms with Crippen LogP contribution in [0.2, 0.25) is 0 Å². The molecule has 0 aliphatic carbocycles. The molecule has 3 heteroatoms. The maximum Gasteiger partial charge on any atom is 0.126 e. The van der Waals surface area contributed by atoms with Crippen molar-refractivity contribution >= 4 is 5.84 Å². The zero-order chi connectivity index (χ0) is 12.2. The SMILES string of the molecule is CCOc1cccc(C(N)=NC(C)(C)C)c1. The number of hydrogen-bond acceptors (Lipinski definition) is 2. The Labute approximate surface area is 97.3 Å². The van der Waals surface area contributed by atoms with Crippen LogP contribution in [0.5, 0.6) is 5.75 Å². The minimum absolute atomic E-state index is 0.161. The molecule has 2 N–H and O–H groups in total. The summed E-state index contributed by atoms with van der Waals surface area (Å²) in [4.78, 5) is 4.42. The van der Waals surface area contributed by atoms with Crippen molar-refractivity contribution in [3.63, 3.8) is 0 Å². The Morgan fingerprint density at radius 1 is 1.38 bits per heavy atom. The van der Waals surface area contributed by atoms with Gasteiger partial charge in [0.2, 0.25) is 0 Å². The van der Waals surface area contributed by atoms with Crippen molar-refractivity contribution in [1.29, 1.82) is 0 Å². The van der Waals surface area contributed by atoms with Gasteiger partial charge in [-0.15, -0.1) is 0 Å². The smallest absolute Gasteiger partial charge is 0.126 e. The van der Waals surface area contributed by atoms with Gasteiger partial charge in [-0.2, -0.15) is 0 Å². The van der Waals surface area contributed by atoms with Crippen LogP contribution in [0.15, 0.2) is 29.3 Å². The third-order valence-corrected chi connectivity index (χ3v) is 1.90. The van der Waals surface area contributed by atoms with Gasteiger partial charge < -0.3 is 10.5 Å². The lowest BCUT2D eigenvalue weighted by Crippen LogP contribution is -2.21. The van der Waals surface area contributed by atoms with Crippen LogP contribution in [0.3, 0.4) is 0 Å². The van der Waals surface area contributed by atoms with Crippen LogP contribution in [0.1, 0.15) is 33.3 Å². The van der Waals surface area contributed by atoms with E-state index in [-0.39, 0.29) is 5.54 Å². The molecule has 0 aliphatic heterocycles. The average Bonchev–Trinajstić information content (AvgIpc) is 2.16. The molecule has 1 aromatic rings. The van der Waals surface area contributed by atoms with Crippen molar-refractivity contribution in [1.82, 2.24) is 0 Å². The third-order valence-electron chi connectivity index (χ3n) is 1.90. The van der Waals surface area contributed by atoms with Crippen molar-refractivity contribution in [2.75, 3.05) is 6.61 Å². The third kappa shape index (κ3) is 3.93. The minimum Gasteiger partial charge on any atom is -0.494 e. The topological polar surface area (TPSA) is 47.6 Å². The number of ether oxygens (including phenoxy) is 1. The van der Waals surface area contributed by atoms with Gasteiger partial charge >= 0.3 is 0 Å². The zero-order valence-corrected chi connectivity index (χ0v) is 10.4.